The Hall–Kier alpha value is -1.28. The van der Waals surface area contributed by atoms with Gasteiger partial charge < -0.3 is 10.2 Å². The van der Waals surface area contributed by atoms with Crippen LogP contribution in [-0.4, -0.2) is 0 Å². The molecule has 17 heavy (non-hydrogen) atoms. The summed E-state index contributed by atoms with van der Waals surface area (Å²) < 4.78 is 5.85. The van der Waals surface area contributed by atoms with Crippen molar-refractivity contribution in [1.29, 1.82) is 0 Å². The highest BCUT2D eigenvalue weighted by atomic mass is 16.3. The zero-order valence-corrected chi connectivity index (χ0v) is 10.7. The molecule has 0 aliphatic heterocycles. The van der Waals surface area contributed by atoms with Crippen molar-refractivity contribution in [1.82, 2.24) is 0 Å². The van der Waals surface area contributed by atoms with Gasteiger partial charge in [-0.05, 0) is 42.9 Å². The average molecular weight is 229 g/mol. The van der Waals surface area contributed by atoms with Crippen molar-refractivity contribution in [2.24, 2.45) is 17.1 Å². The molecule has 90 valence electrons. The van der Waals surface area contributed by atoms with Gasteiger partial charge in [-0.25, -0.2) is 0 Å². The number of nitrogens with two attached hydrogens (primary N) is 1. The van der Waals surface area contributed by atoms with Gasteiger partial charge in [0.25, 0.3) is 0 Å². The van der Waals surface area contributed by atoms with Gasteiger partial charge in [0.05, 0.1) is 6.04 Å². The maximum atomic E-state index is 6.28. The van der Waals surface area contributed by atoms with Crippen LogP contribution in [0.4, 0.5) is 0 Å². The lowest BCUT2D eigenvalue weighted by atomic mass is 10.0. The van der Waals surface area contributed by atoms with Crippen LogP contribution in [0.15, 0.2) is 28.7 Å². The van der Waals surface area contributed by atoms with E-state index in [0.29, 0.717) is 11.3 Å². The van der Waals surface area contributed by atoms with Gasteiger partial charge in [0, 0.05) is 5.39 Å². The van der Waals surface area contributed by atoms with Gasteiger partial charge in [0.1, 0.15) is 11.3 Å². The summed E-state index contributed by atoms with van der Waals surface area (Å²) in [5, 5.41) is 1.16. The van der Waals surface area contributed by atoms with Crippen molar-refractivity contribution in [3.8, 4) is 0 Å². The van der Waals surface area contributed by atoms with Crippen molar-refractivity contribution in [3.63, 3.8) is 0 Å². The maximum absolute atomic E-state index is 6.28. The average Bonchev–Trinajstić information content (AvgIpc) is 2.73. The monoisotopic (exact) mass is 229 g/mol. The highest BCUT2D eigenvalue weighted by Gasteiger charge is 2.50. The first kappa shape index (κ1) is 10.8. The van der Waals surface area contributed by atoms with Crippen molar-refractivity contribution in [2.75, 3.05) is 0 Å². The predicted octanol–water partition coefficient (Wildman–Crippen LogP) is 3.79. The van der Waals surface area contributed by atoms with E-state index in [1.807, 2.05) is 6.07 Å². The fourth-order valence-corrected chi connectivity index (χ4v) is 2.67. The SMILES string of the molecule is Cc1ccc2oc(C(N)C3CC3(C)C)cc2c1. The molecule has 1 heterocycles. The molecule has 2 heteroatoms. The fourth-order valence-electron chi connectivity index (χ4n) is 2.67. The fraction of sp³-hybridized carbons (Fsp3) is 0.467. The normalized spacial score (nSPS) is 23.9. The Labute approximate surface area is 102 Å². The van der Waals surface area contributed by atoms with Gasteiger partial charge in [-0.15, -0.1) is 0 Å². The Kier molecular flexibility index (Phi) is 2.14. The first-order valence-electron chi connectivity index (χ1n) is 6.23. The van der Waals surface area contributed by atoms with Gasteiger partial charge >= 0.3 is 0 Å². The topological polar surface area (TPSA) is 39.2 Å². The first-order valence-corrected chi connectivity index (χ1v) is 6.23. The molecule has 2 unspecified atom stereocenters. The van der Waals surface area contributed by atoms with E-state index in [9.17, 15) is 0 Å². The molecule has 2 aromatic rings. The van der Waals surface area contributed by atoms with Crippen LogP contribution in [0.3, 0.4) is 0 Å². The van der Waals surface area contributed by atoms with Crippen LogP contribution in [0.1, 0.15) is 37.6 Å². The largest absolute Gasteiger partial charge is 0.459 e. The number of rotatable bonds is 2. The molecule has 0 spiro atoms. The van der Waals surface area contributed by atoms with Crippen LogP contribution in [0, 0.1) is 18.3 Å². The molecule has 1 aliphatic rings. The molecule has 2 N–H and O–H groups in total. The third kappa shape index (κ3) is 1.77. The molecule has 2 nitrogen and oxygen atoms in total. The molecule has 1 aromatic carbocycles. The molecule has 0 radical (unpaired) electrons. The smallest absolute Gasteiger partial charge is 0.134 e. The second-order valence-electron chi connectivity index (χ2n) is 6.02. The van der Waals surface area contributed by atoms with Crippen LogP contribution in [-0.2, 0) is 0 Å². The lowest BCUT2D eigenvalue weighted by Crippen LogP contribution is -2.14. The number of fused-ring (bicyclic) bond motifs is 1. The van der Waals surface area contributed by atoms with Crippen molar-refractivity contribution in [3.05, 3.63) is 35.6 Å². The molecular weight excluding hydrogens is 210 g/mol. The molecule has 1 saturated carbocycles. The highest BCUT2D eigenvalue weighted by molar-refractivity contribution is 5.78. The molecule has 0 saturated heterocycles. The zero-order valence-electron chi connectivity index (χ0n) is 10.7. The number of benzene rings is 1. The van der Waals surface area contributed by atoms with Gasteiger partial charge in [-0.2, -0.15) is 0 Å². The molecule has 2 atom stereocenters. The third-order valence-corrected chi connectivity index (χ3v) is 4.04. The summed E-state index contributed by atoms with van der Waals surface area (Å²) in [6.07, 6.45) is 1.20. The van der Waals surface area contributed by atoms with Crippen LogP contribution in [0.2, 0.25) is 0 Å². The minimum atomic E-state index is 0.0395. The molecule has 3 rings (SSSR count). The summed E-state index contributed by atoms with van der Waals surface area (Å²) in [6, 6.07) is 8.38. The first-order chi connectivity index (χ1) is 7.97. The quantitative estimate of drug-likeness (QED) is 0.851. The van der Waals surface area contributed by atoms with E-state index in [2.05, 4.69) is 39.0 Å². The van der Waals surface area contributed by atoms with Crippen LogP contribution in [0.25, 0.3) is 11.0 Å². The molecular formula is C15H19NO. The number of hydrogen-bond donors (Lipinski definition) is 1. The minimum Gasteiger partial charge on any atom is -0.459 e. The number of furan rings is 1. The summed E-state index contributed by atoms with van der Waals surface area (Å²) in [7, 11) is 0. The standard InChI is InChI=1S/C15H19NO/c1-9-4-5-12-10(6-9)7-13(17-12)14(16)11-8-15(11,2)3/h4-7,11,14H,8,16H2,1-3H3. The van der Waals surface area contributed by atoms with Gasteiger partial charge in [-0.1, -0.05) is 25.5 Å². The second-order valence-corrected chi connectivity index (χ2v) is 6.02. The van der Waals surface area contributed by atoms with E-state index in [4.69, 9.17) is 10.2 Å². The van der Waals surface area contributed by atoms with Crippen LogP contribution in [0.5, 0.6) is 0 Å². The maximum Gasteiger partial charge on any atom is 0.134 e. The molecule has 1 fully saturated rings. The van der Waals surface area contributed by atoms with E-state index in [1.54, 1.807) is 0 Å². The molecule has 0 amide bonds. The minimum absolute atomic E-state index is 0.0395. The Balaban J connectivity index is 1.96. The summed E-state index contributed by atoms with van der Waals surface area (Å²) in [5.74, 6) is 1.49. The van der Waals surface area contributed by atoms with Gasteiger partial charge in [0.2, 0.25) is 0 Å². The van der Waals surface area contributed by atoms with E-state index < -0.39 is 0 Å². The van der Waals surface area contributed by atoms with Gasteiger partial charge in [0.15, 0.2) is 0 Å². The van der Waals surface area contributed by atoms with E-state index in [-0.39, 0.29) is 6.04 Å². The van der Waals surface area contributed by atoms with Crippen molar-refractivity contribution >= 4 is 11.0 Å². The van der Waals surface area contributed by atoms with E-state index in [1.165, 1.54) is 12.0 Å². The lowest BCUT2D eigenvalue weighted by molar-refractivity contribution is 0.420. The Morgan fingerprint density at radius 1 is 1.35 bits per heavy atom. The Morgan fingerprint density at radius 3 is 2.71 bits per heavy atom. The van der Waals surface area contributed by atoms with Gasteiger partial charge in [-0.3, -0.25) is 0 Å². The molecule has 1 aromatic heterocycles. The highest BCUT2D eigenvalue weighted by Crippen LogP contribution is 2.57. The number of aryl methyl sites for hydroxylation is 1. The number of hydrogen-bond acceptors (Lipinski definition) is 2. The van der Waals surface area contributed by atoms with Crippen LogP contribution >= 0.6 is 0 Å². The predicted molar refractivity (Wildman–Crippen MR) is 69.8 cm³/mol. The molecule has 1 aliphatic carbocycles. The Bertz CT molecular complexity index is 567. The third-order valence-electron chi connectivity index (χ3n) is 4.04. The lowest BCUT2D eigenvalue weighted by Gasteiger charge is -2.09. The summed E-state index contributed by atoms with van der Waals surface area (Å²) in [4.78, 5) is 0. The Morgan fingerprint density at radius 2 is 2.06 bits per heavy atom. The summed E-state index contributed by atoms with van der Waals surface area (Å²) in [5.41, 5.74) is 8.87. The van der Waals surface area contributed by atoms with E-state index >= 15 is 0 Å². The summed E-state index contributed by atoms with van der Waals surface area (Å²) >= 11 is 0. The molecule has 0 bridgehead atoms. The zero-order chi connectivity index (χ0) is 12.2. The van der Waals surface area contributed by atoms with Crippen LogP contribution < -0.4 is 5.73 Å². The van der Waals surface area contributed by atoms with E-state index in [0.717, 1.165) is 16.7 Å². The summed E-state index contributed by atoms with van der Waals surface area (Å²) in [6.45, 7) is 6.63. The second kappa shape index (κ2) is 3.36. The van der Waals surface area contributed by atoms with Crippen molar-refractivity contribution in [2.45, 2.75) is 33.2 Å². The van der Waals surface area contributed by atoms with Crippen molar-refractivity contribution < 1.29 is 4.42 Å².